The second-order valence-corrected chi connectivity index (χ2v) is 3.98. The van der Waals surface area contributed by atoms with Crippen LogP contribution in [-0.2, 0) is 0 Å². The van der Waals surface area contributed by atoms with E-state index in [1.54, 1.807) is 19.9 Å². The smallest absolute Gasteiger partial charge is 0.354 e. The fourth-order valence-corrected chi connectivity index (χ4v) is 1.63. The molecule has 0 fully saturated rings. The van der Waals surface area contributed by atoms with Gasteiger partial charge in [0.15, 0.2) is 11.5 Å². The number of benzene rings is 1. The first kappa shape index (κ1) is 12.2. The summed E-state index contributed by atoms with van der Waals surface area (Å²) in [5.74, 6) is -1.31. The maximum Gasteiger partial charge on any atom is 0.354 e. The summed E-state index contributed by atoms with van der Waals surface area (Å²) in [7, 11) is 0. The summed E-state index contributed by atoms with van der Waals surface area (Å²) in [6.07, 6.45) is 0. The summed E-state index contributed by atoms with van der Waals surface area (Å²) in [5.41, 5.74) is 1.72. The van der Waals surface area contributed by atoms with Gasteiger partial charge in [-0.2, -0.15) is 0 Å². The monoisotopic (exact) mass is 246 g/mol. The number of aryl methyl sites for hydroxylation is 2. The third-order valence-electron chi connectivity index (χ3n) is 2.51. The second-order valence-electron chi connectivity index (χ2n) is 3.98. The second kappa shape index (κ2) is 4.52. The molecule has 0 aliphatic heterocycles. The fraction of sp³-hybridized carbons (Fsp3) is 0.154. The normalized spacial score (nSPS) is 10.4. The molecule has 1 heterocycles. The van der Waals surface area contributed by atoms with Gasteiger partial charge >= 0.3 is 5.97 Å². The molecule has 0 amide bonds. The van der Waals surface area contributed by atoms with Gasteiger partial charge in [0.25, 0.3) is 0 Å². The minimum absolute atomic E-state index is 0.0961. The van der Waals surface area contributed by atoms with E-state index in [9.17, 15) is 9.18 Å². The Morgan fingerprint density at radius 1 is 1.22 bits per heavy atom. The number of nitrogens with zero attached hydrogens (tertiary/aromatic N) is 2. The molecule has 0 spiro atoms. The number of rotatable bonds is 2. The number of aromatic carboxylic acids is 1. The van der Waals surface area contributed by atoms with Crippen LogP contribution in [0.15, 0.2) is 24.3 Å². The summed E-state index contributed by atoms with van der Waals surface area (Å²) >= 11 is 0. The van der Waals surface area contributed by atoms with E-state index in [1.807, 2.05) is 0 Å². The van der Waals surface area contributed by atoms with E-state index < -0.39 is 11.8 Å². The van der Waals surface area contributed by atoms with Crippen LogP contribution >= 0.6 is 0 Å². The van der Waals surface area contributed by atoms with Crippen molar-refractivity contribution in [3.05, 3.63) is 47.0 Å². The lowest BCUT2D eigenvalue weighted by Crippen LogP contribution is -2.05. The lowest BCUT2D eigenvalue weighted by molar-refractivity contribution is 0.0690. The quantitative estimate of drug-likeness (QED) is 0.884. The first-order valence-corrected chi connectivity index (χ1v) is 5.33. The maximum absolute atomic E-state index is 13.2. The largest absolute Gasteiger partial charge is 0.477 e. The molecule has 2 aromatic rings. The zero-order chi connectivity index (χ0) is 13.3. The first-order chi connectivity index (χ1) is 8.47. The molecule has 0 saturated carbocycles. The summed E-state index contributed by atoms with van der Waals surface area (Å²) in [6.45, 7) is 3.47. The van der Waals surface area contributed by atoms with E-state index in [0.717, 1.165) is 5.56 Å². The highest BCUT2D eigenvalue weighted by molar-refractivity contribution is 5.86. The van der Waals surface area contributed by atoms with Crippen molar-refractivity contribution in [1.82, 2.24) is 9.97 Å². The Balaban J connectivity index is 2.63. The Bertz CT molecular complexity index is 626. The van der Waals surface area contributed by atoms with Crippen LogP contribution in [0.1, 0.15) is 21.7 Å². The van der Waals surface area contributed by atoms with E-state index in [1.165, 1.54) is 18.2 Å². The van der Waals surface area contributed by atoms with Crippen molar-refractivity contribution < 1.29 is 14.3 Å². The molecule has 0 saturated heterocycles. The molecule has 1 aromatic heterocycles. The number of carbonyl (C=O) groups is 1. The minimum atomic E-state index is -1.13. The van der Waals surface area contributed by atoms with Crippen LogP contribution in [0.5, 0.6) is 0 Å². The van der Waals surface area contributed by atoms with E-state index in [4.69, 9.17) is 5.11 Å². The van der Waals surface area contributed by atoms with E-state index in [-0.39, 0.29) is 11.5 Å². The lowest BCUT2D eigenvalue weighted by Gasteiger charge is -2.06. The molecule has 18 heavy (non-hydrogen) atoms. The molecule has 0 aliphatic rings. The fourth-order valence-electron chi connectivity index (χ4n) is 1.63. The summed E-state index contributed by atoms with van der Waals surface area (Å²) < 4.78 is 13.2. The summed E-state index contributed by atoms with van der Waals surface area (Å²) in [4.78, 5) is 19.0. The molecule has 0 atom stereocenters. The lowest BCUT2D eigenvalue weighted by atomic mass is 10.1. The van der Waals surface area contributed by atoms with Crippen LogP contribution in [0.3, 0.4) is 0 Å². The van der Waals surface area contributed by atoms with Gasteiger partial charge in [-0.25, -0.2) is 19.2 Å². The van der Waals surface area contributed by atoms with Crippen molar-refractivity contribution in [2.45, 2.75) is 13.8 Å². The molecule has 0 bridgehead atoms. The molecule has 1 aromatic carbocycles. The Morgan fingerprint density at radius 2 is 1.94 bits per heavy atom. The van der Waals surface area contributed by atoms with Crippen molar-refractivity contribution in [1.29, 1.82) is 0 Å². The van der Waals surface area contributed by atoms with E-state index in [0.29, 0.717) is 11.3 Å². The van der Waals surface area contributed by atoms with Gasteiger partial charge in [0.1, 0.15) is 5.82 Å². The molecular formula is C13H11FN2O2. The van der Waals surface area contributed by atoms with Crippen molar-refractivity contribution in [2.24, 2.45) is 0 Å². The summed E-state index contributed by atoms with van der Waals surface area (Å²) in [5, 5.41) is 8.94. The zero-order valence-corrected chi connectivity index (χ0v) is 9.94. The Hall–Kier alpha value is -2.30. The minimum Gasteiger partial charge on any atom is -0.477 e. The van der Waals surface area contributed by atoms with Crippen molar-refractivity contribution >= 4 is 5.97 Å². The van der Waals surface area contributed by atoms with Crippen molar-refractivity contribution in [2.75, 3.05) is 0 Å². The van der Waals surface area contributed by atoms with Gasteiger partial charge in [-0.15, -0.1) is 0 Å². The van der Waals surface area contributed by atoms with Crippen LogP contribution in [-0.4, -0.2) is 21.0 Å². The van der Waals surface area contributed by atoms with Crippen LogP contribution < -0.4 is 0 Å². The van der Waals surface area contributed by atoms with Gasteiger partial charge in [0, 0.05) is 11.3 Å². The van der Waals surface area contributed by atoms with Gasteiger partial charge in [0.05, 0.1) is 0 Å². The molecule has 4 nitrogen and oxygen atoms in total. The highest BCUT2D eigenvalue weighted by Crippen LogP contribution is 2.21. The Labute approximate surface area is 103 Å². The number of halogens is 1. The third kappa shape index (κ3) is 2.34. The van der Waals surface area contributed by atoms with E-state index >= 15 is 0 Å². The van der Waals surface area contributed by atoms with Crippen molar-refractivity contribution in [3.8, 4) is 11.4 Å². The molecule has 0 radical (unpaired) electrons. The Kier molecular flexibility index (Phi) is 3.06. The average Bonchev–Trinajstić information content (AvgIpc) is 2.31. The molecule has 1 N–H and O–H groups in total. The molecular weight excluding hydrogens is 235 g/mol. The van der Waals surface area contributed by atoms with Gasteiger partial charge in [-0.3, -0.25) is 0 Å². The molecule has 0 unspecified atom stereocenters. The number of hydrogen-bond acceptors (Lipinski definition) is 3. The molecule has 5 heteroatoms. The van der Waals surface area contributed by atoms with Crippen molar-refractivity contribution in [3.63, 3.8) is 0 Å². The number of carboxylic acid groups (broad SMARTS) is 1. The molecule has 92 valence electrons. The van der Waals surface area contributed by atoms with Crippen LogP contribution in [0.25, 0.3) is 11.4 Å². The van der Waals surface area contributed by atoms with Gasteiger partial charge in [-0.05, 0) is 37.6 Å². The zero-order valence-electron chi connectivity index (χ0n) is 9.94. The highest BCUT2D eigenvalue weighted by Gasteiger charge is 2.12. The van der Waals surface area contributed by atoms with Crippen LogP contribution in [0, 0.1) is 19.7 Å². The van der Waals surface area contributed by atoms with Crippen LogP contribution in [0.4, 0.5) is 4.39 Å². The number of carboxylic acids is 1. The maximum atomic E-state index is 13.2. The summed E-state index contributed by atoms with van der Waals surface area (Å²) in [6, 6.07) is 5.62. The first-order valence-electron chi connectivity index (χ1n) is 5.33. The number of aromatic nitrogens is 2. The molecule has 2 rings (SSSR count). The predicted molar refractivity (Wildman–Crippen MR) is 63.9 cm³/mol. The SMILES string of the molecule is Cc1cc(C(=O)O)nc(-c2cc(F)ccc2C)n1. The topological polar surface area (TPSA) is 63.1 Å². The highest BCUT2D eigenvalue weighted by atomic mass is 19.1. The predicted octanol–water partition coefficient (Wildman–Crippen LogP) is 2.60. The van der Waals surface area contributed by atoms with Crippen LogP contribution in [0.2, 0.25) is 0 Å². The standard InChI is InChI=1S/C13H11FN2O2/c1-7-3-4-9(14)6-10(7)12-15-8(2)5-11(16-12)13(17)18/h3-6H,1-2H3,(H,17,18). The third-order valence-corrected chi connectivity index (χ3v) is 2.51. The Morgan fingerprint density at radius 3 is 2.61 bits per heavy atom. The molecule has 0 aliphatic carbocycles. The van der Waals surface area contributed by atoms with Gasteiger partial charge in [-0.1, -0.05) is 6.07 Å². The number of hydrogen-bond donors (Lipinski definition) is 1. The van der Waals surface area contributed by atoms with Gasteiger partial charge in [0.2, 0.25) is 0 Å². The van der Waals surface area contributed by atoms with Gasteiger partial charge < -0.3 is 5.11 Å². The van der Waals surface area contributed by atoms with E-state index in [2.05, 4.69) is 9.97 Å². The average molecular weight is 246 g/mol.